The summed E-state index contributed by atoms with van der Waals surface area (Å²) in [6.45, 7) is -0.507. The van der Waals surface area contributed by atoms with Crippen LogP contribution in [0.2, 0.25) is 0 Å². The largest absolute Gasteiger partial charge is 0.455 e. The summed E-state index contributed by atoms with van der Waals surface area (Å²) in [6.07, 6.45) is -0.0643. The molecule has 0 radical (unpaired) electrons. The first-order valence-electron chi connectivity index (χ1n) is 8.21. The van der Waals surface area contributed by atoms with Crippen LogP contribution in [0.4, 0.5) is 20.2 Å². The van der Waals surface area contributed by atoms with Gasteiger partial charge < -0.3 is 15.0 Å². The van der Waals surface area contributed by atoms with E-state index < -0.39 is 36.0 Å². The Morgan fingerprint density at radius 2 is 1.81 bits per heavy atom. The predicted octanol–water partition coefficient (Wildman–Crippen LogP) is 2.50. The average molecular weight is 374 g/mol. The molecule has 1 aliphatic heterocycles. The molecule has 1 N–H and O–H groups in total. The van der Waals surface area contributed by atoms with Crippen molar-refractivity contribution in [3.8, 4) is 0 Å². The van der Waals surface area contributed by atoms with Crippen LogP contribution in [0.1, 0.15) is 6.42 Å². The molecule has 27 heavy (non-hydrogen) atoms. The second-order valence-corrected chi connectivity index (χ2v) is 6.02. The fourth-order valence-corrected chi connectivity index (χ4v) is 2.74. The summed E-state index contributed by atoms with van der Waals surface area (Å²) in [5.41, 5.74) is 0.464. The van der Waals surface area contributed by atoms with Crippen molar-refractivity contribution in [1.82, 2.24) is 0 Å². The summed E-state index contributed by atoms with van der Waals surface area (Å²) in [7, 11) is 0. The van der Waals surface area contributed by atoms with Crippen LogP contribution in [0.3, 0.4) is 0 Å². The maximum absolute atomic E-state index is 13.5. The summed E-state index contributed by atoms with van der Waals surface area (Å²) in [4.78, 5) is 37.4. The first-order chi connectivity index (χ1) is 12.9. The van der Waals surface area contributed by atoms with Crippen LogP contribution in [0, 0.1) is 17.6 Å². The average Bonchev–Trinajstić information content (AvgIpc) is 3.04. The molecule has 8 heteroatoms. The van der Waals surface area contributed by atoms with Crippen LogP contribution in [0.5, 0.6) is 0 Å². The fourth-order valence-electron chi connectivity index (χ4n) is 2.74. The van der Waals surface area contributed by atoms with Crippen molar-refractivity contribution in [2.24, 2.45) is 5.92 Å². The van der Waals surface area contributed by atoms with Crippen LogP contribution < -0.4 is 10.2 Å². The number of ether oxygens (including phenoxy) is 1. The zero-order chi connectivity index (χ0) is 19.4. The Hall–Kier alpha value is -3.29. The minimum Gasteiger partial charge on any atom is -0.455 e. The molecule has 0 aromatic heterocycles. The molecule has 0 bridgehead atoms. The molecule has 3 rings (SSSR count). The molecule has 1 atom stereocenters. The van der Waals surface area contributed by atoms with Gasteiger partial charge in [-0.3, -0.25) is 14.4 Å². The molecule has 2 amide bonds. The van der Waals surface area contributed by atoms with Gasteiger partial charge in [0.2, 0.25) is 5.91 Å². The number of esters is 1. The smallest absolute Gasteiger partial charge is 0.311 e. The van der Waals surface area contributed by atoms with Crippen molar-refractivity contribution >= 4 is 29.2 Å². The van der Waals surface area contributed by atoms with Gasteiger partial charge in [-0.15, -0.1) is 0 Å². The number of carbonyl (C=O) groups excluding carboxylic acids is 3. The van der Waals surface area contributed by atoms with Gasteiger partial charge in [-0.2, -0.15) is 0 Å². The van der Waals surface area contributed by atoms with Gasteiger partial charge in [0, 0.05) is 18.7 Å². The summed E-state index contributed by atoms with van der Waals surface area (Å²) >= 11 is 0. The minimum absolute atomic E-state index is 0.0166. The van der Waals surface area contributed by atoms with E-state index in [2.05, 4.69) is 5.32 Å². The fraction of sp³-hybridized carbons (Fsp3) is 0.211. The monoisotopic (exact) mass is 374 g/mol. The number of rotatable bonds is 5. The highest BCUT2D eigenvalue weighted by molar-refractivity contribution is 6.00. The normalized spacial score (nSPS) is 16.3. The molecule has 0 saturated carbocycles. The van der Waals surface area contributed by atoms with Crippen LogP contribution in [0.25, 0.3) is 0 Å². The first kappa shape index (κ1) is 18.5. The number of para-hydroxylation sites is 1. The molecular formula is C19H16F2N2O4. The van der Waals surface area contributed by atoms with Crippen molar-refractivity contribution < 1.29 is 27.9 Å². The van der Waals surface area contributed by atoms with Crippen LogP contribution in [0.15, 0.2) is 48.5 Å². The number of anilines is 2. The first-order valence-corrected chi connectivity index (χ1v) is 8.21. The number of carbonyl (C=O) groups is 3. The van der Waals surface area contributed by atoms with Crippen LogP contribution >= 0.6 is 0 Å². The quantitative estimate of drug-likeness (QED) is 0.816. The van der Waals surface area contributed by atoms with Gasteiger partial charge in [-0.1, -0.05) is 12.1 Å². The van der Waals surface area contributed by atoms with Gasteiger partial charge in [-0.05, 0) is 36.4 Å². The lowest BCUT2D eigenvalue weighted by Gasteiger charge is -2.16. The lowest BCUT2D eigenvalue weighted by Crippen LogP contribution is -2.28. The number of nitrogens with zero attached hydrogens (tertiary/aromatic N) is 1. The standard InChI is InChI=1S/C19H16F2N2O4/c20-13-5-7-14(8-6-13)23-10-12(9-18(23)25)19(26)27-11-17(24)22-16-4-2-1-3-15(16)21/h1-8,12H,9-11H2,(H,22,24)/t12-/m1/s1. The summed E-state index contributed by atoms with van der Waals surface area (Å²) in [6, 6.07) is 10.9. The zero-order valence-electron chi connectivity index (χ0n) is 14.2. The van der Waals surface area contributed by atoms with Gasteiger partial charge in [0.05, 0.1) is 11.6 Å². The molecular weight excluding hydrogens is 358 g/mol. The zero-order valence-corrected chi connectivity index (χ0v) is 14.2. The van der Waals surface area contributed by atoms with Crippen LogP contribution in [-0.4, -0.2) is 30.9 Å². The molecule has 2 aromatic rings. The third-order valence-electron chi connectivity index (χ3n) is 4.09. The van der Waals surface area contributed by atoms with E-state index in [-0.39, 0.29) is 24.6 Å². The topological polar surface area (TPSA) is 75.7 Å². The molecule has 1 aliphatic rings. The molecule has 6 nitrogen and oxygen atoms in total. The number of benzene rings is 2. The van der Waals surface area contributed by atoms with E-state index >= 15 is 0 Å². The van der Waals surface area contributed by atoms with E-state index in [1.807, 2.05) is 0 Å². The minimum atomic E-state index is -0.733. The van der Waals surface area contributed by atoms with Crippen LogP contribution in [-0.2, 0) is 19.1 Å². The van der Waals surface area contributed by atoms with E-state index in [1.54, 1.807) is 6.07 Å². The molecule has 1 saturated heterocycles. The molecule has 2 aromatic carbocycles. The third-order valence-corrected chi connectivity index (χ3v) is 4.09. The van der Waals surface area contributed by atoms with Crippen molar-refractivity contribution in [3.05, 3.63) is 60.2 Å². The molecule has 1 heterocycles. The Labute approximate surface area is 153 Å². The second-order valence-electron chi connectivity index (χ2n) is 6.02. The highest BCUT2D eigenvalue weighted by Gasteiger charge is 2.36. The van der Waals surface area contributed by atoms with Gasteiger partial charge in [-0.25, -0.2) is 8.78 Å². The van der Waals surface area contributed by atoms with E-state index in [0.717, 1.165) is 0 Å². The Morgan fingerprint density at radius 3 is 2.52 bits per heavy atom. The van der Waals surface area contributed by atoms with Crippen molar-refractivity contribution in [2.45, 2.75) is 6.42 Å². The molecule has 0 aliphatic carbocycles. The summed E-state index contributed by atoms with van der Waals surface area (Å²) in [5.74, 6) is -3.44. The maximum atomic E-state index is 13.5. The third kappa shape index (κ3) is 4.46. The number of nitrogens with one attached hydrogen (secondary N) is 1. The Morgan fingerprint density at radius 1 is 1.11 bits per heavy atom. The second kappa shape index (κ2) is 7.94. The lowest BCUT2D eigenvalue weighted by atomic mass is 10.1. The van der Waals surface area contributed by atoms with Crippen molar-refractivity contribution in [1.29, 1.82) is 0 Å². The maximum Gasteiger partial charge on any atom is 0.311 e. The van der Waals surface area contributed by atoms with E-state index in [4.69, 9.17) is 4.74 Å². The summed E-state index contributed by atoms with van der Waals surface area (Å²) in [5, 5.41) is 2.30. The Kier molecular flexibility index (Phi) is 5.44. The van der Waals surface area contributed by atoms with E-state index in [9.17, 15) is 23.2 Å². The molecule has 140 valence electrons. The van der Waals surface area contributed by atoms with Crippen molar-refractivity contribution in [3.63, 3.8) is 0 Å². The van der Waals surface area contributed by atoms with Gasteiger partial charge in [0.15, 0.2) is 6.61 Å². The lowest BCUT2D eigenvalue weighted by molar-refractivity contribution is -0.151. The van der Waals surface area contributed by atoms with Gasteiger partial charge in [0.25, 0.3) is 5.91 Å². The van der Waals surface area contributed by atoms with Gasteiger partial charge in [0.1, 0.15) is 11.6 Å². The molecule has 1 fully saturated rings. The number of hydrogen-bond donors (Lipinski definition) is 1. The van der Waals surface area contributed by atoms with Gasteiger partial charge >= 0.3 is 5.97 Å². The molecule has 0 unspecified atom stereocenters. The Bertz CT molecular complexity index is 870. The summed E-state index contributed by atoms with van der Waals surface area (Å²) < 4.78 is 31.4. The Balaban J connectivity index is 1.53. The number of hydrogen-bond acceptors (Lipinski definition) is 4. The van der Waals surface area contributed by atoms with E-state index in [1.165, 1.54) is 47.4 Å². The SMILES string of the molecule is O=C(COC(=O)[C@@H]1CC(=O)N(c2ccc(F)cc2)C1)Nc1ccccc1F. The highest BCUT2D eigenvalue weighted by Crippen LogP contribution is 2.26. The number of halogens is 2. The predicted molar refractivity (Wildman–Crippen MR) is 92.8 cm³/mol. The van der Waals surface area contributed by atoms with E-state index in [0.29, 0.717) is 5.69 Å². The highest BCUT2D eigenvalue weighted by atomic mass is 19.1. The number of amides is 2. The van der Waals surface area contributed by atoms with Crippen molar-refractivity contribution in [2.75, 3.05) is 23.4 Å². The molecule has 0 spiro atoms.